The van der Waals surface area contributed by atoms with Gasteiger partial charge in [-0.2, -0.15) is 11.3 Å². The second kappa shape index (κ2) is 52.6. The Labute approximate surface area is 840 Å². The lowest BCUT2D eigenvalue weighted by Gasteiger charge is -2.36. The molecule has 4 amide bonds. The quantitative estimate of drug-likeness (QED) is 0.0265. The number of benzene rings is 7. The molecule has 8 aromatic rings. The maximum Gasteiger partial charge on any atom is 0.288 e. The molecular formula is C110H134N8O24S. The lowest BCUT2D eigenvalue weighted by molar-refractivity contribution is -0.154. The van der Waals surface area contributed by atoms with E-state index >= 15 is 0 Å². The van der Waals surface area contributed by atoms with Gasteiger partial charge in [0, 0.05) is 207 Å². The summed E-state index contributed by atoms with van der Waals surface area (Å²) in [7, 11) is 0. The average Bonchev–Trinajstić information content (AvgIpc) is 1.48. The van der Waals surface area contributed by atoms with Crippen LogP contribution in [-0.4, -0.2) is 293 Å². The fourth-order valence-corrected chi connectivity index (χ4v) is 19.8. The topological polar surface area (TPSA) is 323 Å². The molecule has 4 saturated heterocycles. The lowest BCUT2D eigenvalue weighted by Crippen LogP contribution is -2.49. The van der Waals surface area contributed by atoms with E-state index in [1.807, 2.05) is 147 Å². The number of hydrogen-bond acceptors (Lipinski definition) is 29. The molecule has 764 valence electrons. The smallest absolute Gasteiger partial charge is 0.288 e. The zero-order valence-electron chi connectivity index (χ0n) is 81.3. The number of piperazine rings is 4. The van der Waals surface area contributed by atoms with Gasteiger partial charge in [-0.3, -0.25) is 38.8 Å². The molecule has 0 saturated carbocycles. The van der Waals surface area contributed by atoms with Crippen LogP contribution in [0.5, 0.6) is 46.0 Å². The molecule has 0 bridgehead atoms. The second-order valence-electron chi connectivity index (χ2n) is 37.2. The number of allylic oxidation sites excluding steroid dienone is 4. The van der Waals surface area contributed by atoms with E-state index in [9.17, 15) is 19.2 Å². The number of fused-ring (bicyclic) bond motifs is 4. The first-order valence-corrected chi connectivity index (χ1v) is 51.4. The Kier molecular flexibility index (Phi) is 37.8. The normalized spacial score (nSPS) is 21.8. The predicted octanol–water partition coefficient (Wildman–Crippen LogP) is 13.1. The highest BCUT2D eigenvalue weighted by Crippen LogP contribution is 2.42. The highest BCUT2D eigenvalue weighted by atomic mass is 32.1. The van der Waals surface area contributed by atoms with Gasteiger partial charge in [-0.25, -0.2) is 0 Å². The number of hydrogen-bond donors (Lipinski definition) is 4. The van der Waals surface area contributed by atoms with Gasteiger partial charge in [-0.1, -0.05) is 115 Å². The summed E-state index contributed by atoms with van der Waals surface area (Å²) in [4.78, 5) is 70.6. The van der Waals surface area contributed by atoms with Crippen molar-refractivity contribution in [2.24, 2.45) is 0 Å². The molecule has 0 unspecified atom stereocenters. The molecule has 143 heavy (non-hydrogen) atoms. The number of carbonyl (C=O) groups is 4. The summed E-state index contributed by atoms with van der Waals surface area (Å²) in [5.41, 5.74) is 9.29. The molecule has 8 atom stereocenters. The van der Waals surface area contributed by atoms with Gasteiger partial charge in [0.25, 0.3) is 23.6 Å². The summed E-state index contributed by atoms with van der Waals surface area (Å²) < 4.78 is 91.5. The van der Waals surface area contributed by atoms with Crippen molar-refractivity contribution >= 4 is 35.0 Å². The summed E-state index contributed by atoms with van der Waals surface area (Å²) in [5, 5.41) is 40.3. The maximum absolute atomic E-state index is 13.4. The Morgan fingerprint density at radius 3 is 0.748 bits per heavy atom. The number of nitrogens with zero attached hydrogens (tertiary/aromatic N) is 8. The fraction of sp³-hybridized carbons (Fsp3) is 0.473. The van der Waals surface area contributed by atoms with Crippen molar-refractivity contribution in [3.05, 3.63) is 272 Å². The molecule has 0 aliphatic carbocycles. The number of carbonyl (C=O) groups excluding carboxylic acids is 4. The number of rotatable bonds is 36. The van der Waals surface area contributed by atoms with Crippen LogP contribution in [-0.2, 0) is 83.3 Å². The highest BCUT2D eigenvalue weighted by molar-refractivity contribution is 7.08. The number of ether oxygens (including phenoxy) is 16. The first kappa shape index (κ1) is 103. The van der Waals surface area contributed by atoms with Crippen LogP contribution in [0.25, 0.3) is 0 Å². The van der Waals surface area contributed by atoms with Crippen LogP contribution in [0, 0.1) is 0 Å². The third-order valence-corrected chi connectivity index (χ3v) is 27.9. The van der Waals surface area contributed by atoms with E-state index in [1.165, 1.54) is 27.8 Å². The molecule has 4 N–H and O–H groups in total. The number of unbranched alkanes of at least 4 members (excludes halogenated alkanes) is 4. The Morgan fingerprint density at radius 2 is 0.517 bits per heavy atom. The number of aliphatic hydroxyl groups excluding tert-OH is 4. The Bertz CT molecular complexity index is 5110. The summed E-state index contributed by atoms with van der Waals surface area (Å²) in [6.45, 7) is 18.3. The fourth-order valence-electron chi connectivity index (χ4n) is 19.1. The molecule has 4 fully saturated rings. The minimum absolute atomic E-state index is 0.0500. The molecule has 0 spiro atoms. The van der Waals surface area contributed by atoms with Crippen LogP contribution in [0.1, 0.15) is 145 Å². The molecule has 0 radical (unpaired) electrons. The van der Waals surface area contributed by atoms with E-state index in [1.54, 1.807) is 11.3 Å². The van der Waals surface area contributed by atoms with Gasteiger partial charge in [0.1, 0.15) is 0 Å². The van der Waals surface area contributed by atoms with E-state index in [2.05, 4.69) is 97.1 Å². The lowest BCUT2D eigenvalue weighted by atomic mass is 9.93. The third kappa shape index (κ3) is 29.1. The highest BCUT2D eigenvalue weighted by Gasteiger charge is 2.39. The van der Waals surface area contributed by atoms with Gasteiger partial charge in [-0.05, 0) is 186 Å². The molecule has 7 aromatic carbocycles. The number of aliphatic hydroxyl groups is 4. The summed E-state index contributed by atoms with van der Waals surface area (Å²) in [6.07, 6.45) is 14.3. The molecule has 12 aliphatic rings. The van der Waals surface area contributed by atoms with Crippen molar-refractivity contribution in [2.75, 3.05) is 185 Å². The van der Waals surface area contributed by atoms with E-state index in [4.69, 9.17) is 96.2 Å². The van der Waals surface area contributed by atoms with Crippen LogP contribution in [0.15, 0.2) is 228 Å². The van der Waals surface area contributed by atoms with Crippen molar-refractivity contribution in [3.63, 3.8) is 0 Å². The van der Waals surface area contributed by atoms with E-state index in [0.29, 0.717) is 153 Å². The minimum atomic E-state index is -0.481. The molecular weight excluding hydrogens is 1850 g/mol. The van der Waals surface area contributed by atoms with Gasteiger partial charge >= 0.3 is 0 Å². The Morgan fingerprint density at radius 1 is 0.280 bits per heavy atom. The molecule has 1 aromatic heterocycles. The van der Waals surface area contributed by atoms with Crippen molar-refractivity contribution in [3.8, 4) is 46.0 Å². The zero-order valence-corrected chi connectivity index (χ0v) is 82.1. The van der Waals surface area contributed by atoms with E-state index in [-0.39, 0.29) is 101 Å². The molecule has 32 nitrogen and oxygen atoms in total. The standard InChI is InChI=1S/3C28H34N2O6.C26H32N2O6S/c3*31-14-4-5-15-33-27-18-23(22-6-2-1-3-7-22)17-26(36-27)28(32)30-12-10-29(11-13-30)19-21-8-9-24-25(16-21)35-20-34-24;29-10-1-2-11-31-25-15-21(20-5-12-35-17-20)14-24(34-25)26(30)28-8-6-27(7-9-28)16-19-3-4-22-23(13-19)33-18-32-22/h3*1-3,6-9,16-17,23,27,31H,4-5,10-15,18-20H2;3-5,12-14,17,21,25,29H,1-2,6-11,15-16,18H2/t3*23-,27+;21-,25+/m0000/s1. The number of amides is 4. The monoisotopic (exact) mass is 1980 g/mol. The van der Waals surface area contributed by atoms with Crippen LogP contribution in [0.4, 0.5) is 0 Å². The van der Waals surface area contributed by atoms with Crippen LogP contribution < -0.4 is 37.9 Å². The van der Waals surface area contributed by atoms with Crippen LogP contribution in [0.2, 0.25) is 0 Å². The van der Waals surface area contributed by atoms with Crippen LogP contribution in [0.3, 0.4) is 0 Å². The van der Waals surface area contributed by atoms with Crippen LogP contribution >= 0.6 is 11.3 Å². The average molecular weight is 1980 g/mol. The molecule has 33 heteroatoms. The first-order valence-electron chi connectivity index (χ1n) is 50.5. The van der Waals surface area contributed by atoms with Gasteiger partial charge in [0.2, 0.25) is 52.3 Å². The minimum Gasteiger partial charge on any atom is -0.459 e. The SMILES string of the molecule is O=C(C1=C[C@H](c2ccccc2)C[C@H](OCCCCO)O1)N1CCN(Cc2ccc3c(c2)OCO3)CC1.O=C(C1=C[C@H](c2ccccc2)C[C@H](OCCCCO)O1)N1CCN(Cc2ccc3c(c2)OCO3)CC1.O=C(C1=C[C@H](c2ccccc2)C[C@H](OCCCCO)O1)N1CCN(Cc2ccc3c(c2)OCO3)CC1.O=C(C1=C[C@H](c2ccsc2)C[C@H](OCCCCO)O1)N1CCN(Cc2ccc3c(c2)OCO3)CC1. The maximum atomic E-state index is 13.4. The third-order valence-electron chi connectivity index (χ3n) is 27.2. The first-order chi connectivity index (χ1) is 70.3. The molecule has 13 heterocycles. The summed E-state index contributed by atoms with van der Waals surface area (Å²) in [5.74, 6) is 7.75. The van der Waals surface area contributed by atoms with Gasteiger partial charge in [-0.15, -0.1) is 0 Å². The Hall–Kier alpha value is -11.8. The van der Waals surface area contributed by atoms with Gasteiger partial charge in [0.05, 0.1) is 26.4 Å². The molecule has 12 aliphatic heterocycles. The summed E-state index contributed by atoms with van der Waals surface area (Å²) in [6, 6.07) is 56.8. The largest absolute Gasteiger partial charge is 0.459 e. The van der Waals surface area contributed by atoms with Crippen molar-refractivity contribution in [1.29, 1.82) is 0 Å². The van der Waals surface area contributed by atoms with E-state index in [0.717, 1.165) is 167 Å². The predicted molar refractivity (Wildman–Crippen MR) is 532 cm³/mol. The Balaban J connectivity index is 0.000000131. The van der Waals surface area contributed by atoms with Crippen molar-refractivity contribution < 1.29 is 115 Å². The second-order valence-corrected chi connectivity index (χ2v) is 38.0. The van der Waals surface area contributed by atoms with E-state index < -0.39 is 25.2 Å². The van der Waals surface area contributed by atoms with Crippen molar-refractivity contribution in [1.82, 2.24) is 39.2 Å². The summed E-state index contributed by atoms with van der Waals surface area (Å²) >= 11 is 1.65. The molecule has 20 rings (SSSR count). The zero-order chi connectivity index (χ0) is 98.3. The number of thiophene rings is 1. The van der Waals surface area contributed by atoms with Gasteiger partial charge in [0.15, 0.2) is 69.0 Å². The van der Waals surface area contributed by atoms with Gasteiger partial charge < -0.3 is 116 Å². The van der Waals surface area contributed by atoms with Crippen molar-refractivity contribution in [2.45, 2.75) is 152 Å².